The van der Waals surface area contributed by atoms with Crippen LogP contribution in [-0.2, 0) is 16.1 Å². The molecule has 1 aliphatic heterocycles. The van der Waals surface area contributed by atoms with Gasteiger partial charge in [-0.2, -0.15) is 0 Å². The van der Waals surface area contributed by atoms with E-state index in [1.807, 2.05) is 37.3 Å². The number of hydrogen-bond donors (Lipinski definition) is 1. The van der Waals surface area contributed by atoms with Gasteiger partial charge in [0.05, 0.1) is 26.8 Å². The van der Waals surface area contributed by atoms with Crippen LogP contribution in [0.1, 0.15) is 46.8 Å². The molecule has 0 amide bonds. The summed E-state index contributed by atoms with van der Waals surface area (Å²) >= 11 is 7.19. The molecule has 2 aliphatic rings. The number of Topliss-reactive ketones (excluding diaryl/α,β-unsaturated/α-hetero) is 1. The van der Waals surface area contributed by atoms with Crippen molar-refractivity contribution in [1.29, 1.82) is 0 Å². The van der Waals surface area contributed by atoms with E-state index in [0.29, 0.717) is 48.4 Å². The van der Waals surface area contributed by atoms with E-state index in [4.69, 9.17) is 9.47 Å². The number of carbonyl (C=O) groups excluding carboxylic acids is 2. The Morgan fingerprint density at radius 2 is 1.73 bits per heavy atom. The van der Waals surface area contributed by atoms with Crippen LogP contribution in [0.3, 0.4) is 0 Å². The zero-order chi connectivity index (χ0) is 26.3. The number of esters is 1. The average Bonchev–Trinajstić information content (AvgIpc) is 3.14. The largest absolute Gasteiger partial charge is 0.487 e. The Hall–Kier alpha value is -3.23. The number of allylic oxidation sites excluding steroid dienone is 2. The van der Waals surface area contributed by atoms with Gasteiger partial charge in [-0.15, -0.1) is 0 Å². The molecule has 0 aromatic heterocycles. The van der Waals surface area contributed by atoms with Crippen LogP contribution in [0.15, 0.2) is 86.5 Å². The van der Waals surface area contributed by atoms with Crippen molar-refractivity contribution in [1.82, 2.24) is 5.32 Å². The van der Waals surface area contributed by atoms with Gasteiger partial charge in [0.25, 0.3) is 0 Å². The highest BCUT2D eigenvalue weighted by Gasteiger charge is 2.43. The van der Waals surface area contributed by atoms with Crippen molar-refractivity contribution in [2.24, 2.45) is 0 Å². The first-order valence-corrected chi connectivity index (χ1v) is 13.3. The van der Waals surface area contributed by atoms with E-state index in [9.17, 15) is 14.0 Å². The second-order valence-corrected chi connectivity index (χ2v) is 10.4. The van der Waals surface area contributed by atoms with Crippen LogP contribution in [-0.4, -0.2) is 18.4 Å². The molecule has 0 spiro atoms. The van der Waals surface area contributed by atoms with E-state index < -0.39 is 11.9 Å². The minimum Gasteiger partial charge on any atom is -0.487 e. The monoisotopic (exact) mass is 625 g/mol. The second kappa shape index (κ2) is 10.3. The number of nitrogens with one attached hydrogen (secondary N) is 1. The molecule has 1 heterocycles. The Bertz CT molecular complexity index is 1490. The van der Waals surface area contributed by atoms with Crippen LogP contribution in [0.25, 0.3) is 5.70 Å². The maximum absolute atomic E-state index is 13.6. The first-order valence-electron chi connectivity index (χ1n) is 11.7. The van der Waals surface area contributed by atoms with E-state index >= 15 is 0 Å². The van der Waals surface area contributed by atoms with E-state index in [0.717, 1.165) is 11.1 Å². The average molecular weight is 627 g/mol. The molecule has 3 aromatic rings. The van der Waals surface area contributed by atoms with Crippen LogP contribution in [0.4, 0.5) is 4.39 Å². The summed E-state index contributed by atoms with van der Waals surface area (Å²) in [4.78, 5) is 26.8. The summed E-state index contributed by atoms with van der Waals surface area (Å²) in [5.74, 6) is -1.07. The van der Waals surface area contributed by atoms with Gasteiger partial charge in [0.15, 0.2) is 5.78 Å². The number of rotatable bonds is 6. The Balaban J connectivity index is 1.58. The lowest BCUT2D eigenvalue weighted by molar-refractivity contribution is -0.138. The number of benzene rings is 3. The van der Waals surface area contributed by atoms with Gasteiger partial charge >= 0.3 is 5.97 Å². The zero-order valence-electron chi connectivity index (χ0n) is 20.0. The van der Waals surface area contributed by atoms with Crippen LogP contribution in [0.5, 0.6) is 5.75 Å². The third-order valence-electron chi connectivity index (χ3n) is 6.37. The maximum atomic E-state index is 13.6. The lowest BCUT2D eigenvalue weighted by Gasteiger charge is -2.29. The van der Waals surface area contributed by atoms with E-state index in [1.54, 1.807) is 25.1 Å². The molecule has 0 saturated heterocycles. The molecule has 3 aromatic carbocycles. The number of carbonyl (C=O) groups is 2. The SMILES string of the molecule is CCOC(=O)C1=C(C)NC2=C(C(=O)c3ccccc32)[C@H]1c1cc(Br)c(OCc2cccc(F)c2)c(Br)c1. The van der Waals surface area contributed by atoms with Crippen molar-refractivity contribution in [2.45, 2.75) is 26.4 Å². The minimum absolute atomic E-state index is 0.129. The van der Waals surface area contributed by atoms with Gasteiger partial charge in [0, 0.05) is 28.3 Å². The number of hydrogen-bond acceptors (Lipinski definition) is 5. The minimum atomic E-state index is -0.653. The van der Waals surface area contributed by atoms with Crippen LogP contribution < -0.4 is 10.1 Å². The highest BCUT2D eigenvalue weighted by molar-refractivity contribution is 9.11. The summed E-state index contributed by atoms with van der Waals surface area (Å²) in [5.41, 5.74) is 5.03. The lowest BCUT2D eigenvalue weighted by Crippen LogP contribution is -2.29. The summed E-state index contributed by atoms with van der Waals surface area (Å²) in [5, 5.41) is 3.30. The number of halogens is 3. The summed E-state index contributed by atoms with van der Waals surface area (Å²) in [6.07, 6.45) is 0. The third-order valence-corrected chi connectivity index (χ3v) is 7.55. The summed E-state index contributed by atoms with van der Waals surface area (Å²) in [6, 6.07) is 17.3. The molecule has 37 heavy (non-hydrogen) atoms. The Morgan fingerprint density at radius 1 is 1.03 bits per heavy atom. The second-order valence-electron chi connectivity index (χ2n) is 8.71. The smallest absolute Gasteiger partial charge is 0.336 e. The van der Waals surface area contributed by atoms with Crippen LogP contribution in [0.2, 0.25) is 0 Å². The van der Waals surface area contributed by atoms with Crippen molar-refractivity contribution in [3.63, 3.8) is 0 Å². The molecular weight excluding hydrogens is 605 g/mol. The molecule has 188 valence electrons. The Labute approximate surface area is 230 Å². The van der Waals surface area contributed by atoms with Crippen molar-refractivity contribution in [2.75, 3.05) is 6.61 Å². The number of dihydropyridines is 1. The lowest BCUT2D eigenvalue weighted by atomic mass is 9.80. The van der Waals surface area contributed by atoms with E-state index in [2.05, 4.69) is 37.2 Å². The van der Waals surface area contributed by atoms with Gasteiger partial charge in [-0.3, -0.25) is 4.79 Å². The van der Waals surface area contributed by atoms with Crippen molar-refractivity contribution in [3.05, 3.63) is 115 Å². The van der Waals surface area contributed by atoms with Gasteiger partial charge < -0.3 is 14.8 Å². The number of ether oxygens (including phenoxy) is 2. The zero-order valence-corrected chi connectivity index (χ0v) is 23.2. The van der Waals surface area contributed by atoms with Gasteiger partial charge in [-0.25, -0.2) is 9.18 Å². The topological polar surface area (TPSA) is 64.6 Å². The van der Waals surface area contributed by atoms with Crippen LogP contribution >= 0.6 is 31.9 Å². The van der Waals surface area contributed by atoms with Gasteiger partial charge in [-0.1, -0.05) is 36.4 Å². The molecule has 0 bridgehead atoms. The third kappa shape index (κ3) is 4.64. The normalized spacial score (nSPS) is 16.4. The Kier molecular flexibility index (Phi) is 7.05. The Morgan fingerprint density at radius 3 is 2.41 bits per heavy atom. The molecule has 1 N–H and O–H groups in total. The highest BCUT2D eigenvalue weighted by Crippen LogP contribution is 2.48. The number of fused-ring (bicyclic) bond motifs is 2. The summed E-state index contributed by atoms with van der Waals surface area (Å²) < 4.78 is 26.2. The fourth-order valence-electron chi connectivity index (χ4n) is 4.81. The first-order chi connectivity index (χ1) is 17.8. The molecule has 0 saturated carbocycles. The molecule has 5 nitrogen and oxygen atoms in total. The molecule has 0 fully saturated rings. The van der Waals surface area contributed by atoms with Crippen LogP contribution in [0, 0.1) is 5.82 Å². The molecule has 5 rings (SSSR count). The quantitative estimate of drug-likeness (QED) is 0.297. The number of ketones is 1. The first kappa shape index (κ1) is 25.4. The van der Waals surface area contributed by atoms with Crippen molar-refractivity contribution < 1.29 is 23.5 Å². The predicted molar refractivity (Wildman–Crippen MR) is 145 cm³/mol. The highest BCUT2D eigenvalue weighted by atomic mass is 79.9. The molecule has 8 heteroatoms. The van der Waals surface area contributed by atoms with Crippen molar-refractivity contribution in [3.8, 4) is 5.75 Å². The molecule has 0 radical (unpaired) electrons. The molecule has 1 atom stereocenters. The maximum Gasteiger partial charge on any atom is 0.336 e. The van der Waals surface area contributed by atoms with Gasteiger partial charge in [0.1, 0.15) is 18.2 Å². The van der Waals surface area contributed by atoms with Gasteiger partial charge in [-0.05, 0) is 81.1 Å². The molecule has 0 unspecified atom stereocenters. The van der Waals surface area contributed by atoms with E-state index in [1.165, 1.54) is 12.1 Å². The summed E-state index contributed by atoms with van der Waals surface area (Å²) in [7, 11) is 0. The fourth-order valence-corrected chi connectivity index (χ4v) is 6.26. The fraction of sp³-hybridized carbons (Fsp3) is 0.172. The summed E-state index contributed by atoms with van der Waals surface area (Å²) in [6.45, 7) is 3.94. The molecular formula is C29H22Br2FNO4. The standard InChI is InChI=1S/C29H22Br2FNO4/c1-3-36-29(35)23-15(2)33-26-19-9-4-5-10-20(19)27(34)25(26)24(23)17-12-21(30)28(22(31)13-17)37-14-16-7-6-8-18(32)11-16/h4-13,24,33H,3,14H2,1-2H3/t24-/m0/s1. The van der Waals surface area contributed by atoms with Crippen molar-refractivity contribution >= 4 is 49.3 Å². The van der Waals surface area contributed by atoms with Gasteiger partial charge in [0.2, 0.25) is 0 Å². The van der Waals surface area contributed by atoms with E-state index in [-0.39, 0.29) is 24.8 Å². The predicted octanol–water partition coefficient (Wildman–Crippen LogP) is 7.06. The molecule has 1 aliphatic carbocycles.